The minimum absolute atomic E-state index is 0.0510. The van der Waals surface area contributed by atoms with Crippen molar-refractivity contribution < 1.29 is 14.6 Å². The topological polar surface area (TPSA) is 115 Å². The fraction of sp³-hybridized carbons (Fsp3) is 0.769. The molecule has 1 heterocycles. The third-order valence-electron chi connectivity index (χ3n) is 3.83. The molecule has 3 atom stereocenters. The molecule has 0 spiro atoms. The van der Waals surface area contributed by atoms with Crippen molar-refractivity contribution in [2.75, 3.05) is 20.3 Å². The highest BCUT2D eigenvalue weighted by atomic mass is 16.5. The summed E-state index contributed by atoms with van der Waals surface area (Å²) in [7, 11) is 1.64. The lowest BCUT2D eigenvalue weighted by Crippen LogP contribution is -2.32. The van der Waals surface area contributed by atoms with Crippen LogP contribution in [0.3, 0.4) is 0 Å². The molecule has 0 radical (unpaired) electrons. The van der Waals surface area contributed by atoms with Crippen molar-refractivity contribution in [2.24, 2.45) is 11.7 Å². The van der Waals surface area contributed by atoms with Gasteiger partial charge in [0, 0.05) is 38.6 Å². The van der Waals surface area contributed by atoms with Gasteiger partial charge in [-0.15, -0.1) is 10.2 Å². The van der Waals surface area contributed by atoms with E-state index < -0.39 is 6.10 Å². The number of carbonyl (C=O) groups excluding carboxylic acids is 1. The standard InChI is InChI=1S/C13H23N5O3/c1-21-5-4-18-8-16-17-12(18)2-3-15-13(20)9-6-10(14)11(19)7-9/h8-11,19H,2-7,14H2,1H3,(H,15,20)/t9-,10-,11-/m0/s1. The Hall–Kier alpha value is -1.51. The molecule has 1 amide bonds. The molecule has 0 aromatic carbocycles. The smallest absolute Gasteiger partial charge is 0.223 e. The van der Waals surface area contributed by atoms with E-state index in [1.54, 1.807) is 13.4 Å². The van der Waals surface area contributed by atoms with E-state index in [1.807, 2.05) is 4.57 Å². The molecule has 118 valence electrons. The summed E-state index contributed by atoms with van der Waals surface area (Å²) in [6.45, 7) is 1.78. The number of nitrogens with two attached hydrogens (primary N) is 1. The average Bonchev–Trinajstić information content (AvgIpc) is 3.04. The molecule has 1 aliphatic carbocycles. The van der Waals surface area contributed by atoms with E-state index in [9.17, 15) is 9.90 Å². The van der Waals surface area contributed by atoms with Crippen LogP contribution in [0.4, 0.5) is 0 Å². The molecule has 0 aliphatic heterocycles. The van der Waals surface area contributed by atoms with Crippen LogP contribution in [0, 0.1) is 5.92 Å². The molecule has 2 rings (SSSR count). The Balaban J connectivity index is 1.74. The molecule has 1 aromatic rings. The van der Waals surface area contributed by atoms with Crippen LogP contribution in [0.1, 0.15) is 18.7 Å². The first kappa shape index (κ1) is 15.9. The Labute approximate surface area is 123 Å². The van der Waals surface area contributed by atoms with Crippen LogP contribution in [-0.2, 0) is 22.5 Å². The second-order valence-corrected chi connectivity index (χ2v) is 5.37. The van der Waals surface area contributed by atoms with Gasteiger partial charge in [0.25, 0.3) is 0 Å². The van der Waals surface area contributed by atoms with E-state index in [0.29, 0.717) is 39.0 Å². The van der Waals surface area contributed by atoms with Crippen LogP contribution < -0.4 is 11.1 Å². The number of aliphatic hydroxyl groups is 1. The van der Waals surface area contributed by atoms with Gasteiger partial charge < -0.3 is 25.5 Å². The van der Waals surface area contributed by atoms with Gasteiger partial charge in [0.1, 0.15) is 12.2 Å². The fourth-order valence-corrected chi connectivity index (χ4v) is 2.55. The third kappa shape index (κ3) is 4.23. The van der Waals surface area contributed by atoms with Gasteiger partial charge in [-0.05, 0) is 12.8 Å². The number of rotatable bonds is 7. The number of nitrogens with zero attached hydrogens (tertiary/aromatic N) is 3. The van der Waals surface area contributed by atoms with Gasteiger partial charge in [-0.1, -0.05) is 0 Å². The third-order valence-corrected chi connectivity index (χ3v) is 3.83. The van der Waals surface area contributed by atoms with Crippen molar-refractivity contribution in [1.29, 1.82) is 0 Å². The number of amides is 1. The maximum absolute atomic E-state index is 12.0. The predicted molar refractivity (Wildman–Crippen MR) is 75.3 cm³/mol. The van der Waals surface area contributed by atoms with Crippen molar-refractivity contribution >= 4 is 5.91 Å². The number of hydrogen-bond donors (Lipinski definition) is 3. The van der Waals surface area contributed by atoms with Crippen molar-refractivity contribution in [2.45, 2.75) is 38.0 Å². The van der Waals surface area contributed by atoms with Crippen LogP contribution in [0.25, 0.3) is 0 Å². The summed E-state index contributed by atoms with van der Waals surface area (Å²) in [6, 6.07) is -0.294. The molecular weight excluding hydrogens is 274 g/mol. The van der Waals surface area contributed by atoms with Gasteiger partial charge in [0.2, 0.25) is 5.91 Å². The lowest BCUT2D eigenvalue weighted by Gasteiger charge is -2.10. The zero-order valence-electron chi connectivity index (χ0n) is 12.2. The number of methoxy groups -OCH3 is 1. The molecule has 0 bridgehead atoms. The monoisotopic (exact) mass is 297 g/mol. The van der Waals surface area contributed by atoms with Crippen molar-refractivity contribution in [3.8, 4) is 0 Å². The van der Waals surface area contributed by atoms with Crippen LogP contribution in [0.15, 0.2) is 6.33 Å². The minimum Gasteiger partial charge on any atom is -0.391 e. The van der Waals surface area contributed by atoms with Gasteiger partial charge in [-0.2, -0.15) is 0 Å². The molecule has 8 nitrogen and oxygen atoms in total. The molecule has 1 saturated carbocycles. The molecule has 0 saturated heterocycles. The van der Waals surface area contributed by atoms with Gasteiger partial charge in [0.15, 0.2) is 0 Å². The number of aromatic nitrogens is 3. The Morgan fingerprint density at radius 2 is 2.43 bits per heavy atom. The summed E-state index contributed by atoms with van der Waals surface area (Å²) < 4.78 is 6.93. The highest BCUT2D eigenvalue weighted by Gasteiger charge is 2.34. The first-order valence-electron chi connectivity index (χ1n) is 7.18. The van der Waals surface area contributed by atoms with Gasteiger partial charge >= 0.3 is 0 Å². The van der Waals surface area contributed by atoms with E-state index in [2.05, 4.69) is 15.5 Å². The number of carbonyl (C=O) groups is 1. The summed E-state index contributed by atoms with van der Waals surface area (Å²) >= 11 is 0. The maximum Gasteiger partial charge on any atom is 0.223 e. The van der Waals surface area contributed by atoms with Gasteiger partial charge in [-0.3, -0.25) is 4.79 Å². The van der Waals surface area contributed by atoms with Gasteiger partial charge in [0.05, 0.1) is 12.7 Å². The Morgan fingerprint density at radius 1 is 1.62 bits per heavy atom. The predicted octanol–water partition coefficient (Wildman–Crippen LogP) is -1.32. The summed E-state index contributed by atoms with van der Waals surface area (Å²) in [6.07, 6.45) is 2.67. The van der Waals surface area contributed by atoms with E-state index in [4.69, 9.17) is 10.5 Å². The largest absolute Gasteiger partial charge is 0.391 e. The average molecular weight is 297 g/mol. The lowest BCUT2D eigenvalue weighted by atomic mass is 10.1. The SMILES string of the molecule is COCCn1cnnc1CCNC(=O)[C@H]1C[C@H](N)[C@@H](O)C1. The lowest BCUT2D eigenvalue weighted by molar-refractivity contribution is -0.125. The first-order chi connectivity index (χ1) is 10.1. The zero-order valence-corrected chi connectivity index (χ0v) is 12.2. The number of hydrogen-bond acceptors (Lipinski definition) is 6. The van der Waals surface area contributed by atoms with E-state index in [0.717, 1.165) is 5.82 Å². The Kier molecular flexibility index (Phi) is 5.66. The molecule has 21 heavy (non-hydrogen) atoms. The molecule has 0 unspecified atom stereocenters. The van der Waals surface area contributed by atoms with Crippen LogP contribution >= 0.6 is 0 Å². The van der Waals surface area contributed by atoms with E-state index in [-0.39, 0.29) is 17.9 Å². The first-order valence-corrected chi connectivity index (χ1v) is 7.18. The maximum atomic E-state index is 12.0. The molecule has 8 heteroatoms. The Morgan fingerprint density at radius 3 is 3.10 bits per heavy atom. The van der Waals surface area contributed by atoms with Crippen LogP contribution in [0.2, 0.25) is 0 Å². The highest BCUT2D eigenvalue weighted by molar-refractivity contribution is 5.79. The summed E-state index contributed by atoms with van der Waals surface area (Å²) in [5.41, 5.74) is 5.72. The van der Waals surface area contributed by atoms with Crippen LogP contribution in [-0.4, -0.2) is 58.2 Å². The van der Waals surface area contributed by atoms with Crippen LogP contribution in [0.5, 0.6) is 0 Å². The number of nitrogens with one attached hydrogen (secondary N) is 1. The molecular formula is C13H23N5O3. The summed E-state index contributed by atoms with van der Waals surface area (Å²) in [4.78, 5) is 12.0. The second-order valence-electron chi connectivity index (χ2n) is 5.37. The van der Waals surface area contributed by atoms with Crippen molar-refractivity contribution in [1.82, 2.24) is 20.1 Å². The molecule has 4 N–H and O–H groups in total. The highest BCUT2D eigenvalue weighted by Crippen LogP contribution is 2.24. The van der Waals surface area contributed by atoms with Gasteiger partial charge in [-0.25, -0.2) is 0 Å². The molecule has 1 aromatic heterocycles. The zero-order chi connectivity index (χ0) is 15.2. The van der Waals surface area contributed by atoms with Crippen molar-refractivity contribution in [3.63, 3.8) is 0 Å². The van der Waals surface area contributed by atoms with Crippen molar-refractivity contribution in [3.05, 3.63) is 12.2 Å². The molecule has 1 fully saturated rings. The second kappa shape index (κ2) is 7.48. The summed E-state index contributed by atoms with van der Waals surface area (Å²) in [5, 5.41) is 20.3. The number of aliphatic hydroxyl groups excluding tert-OH is 1. The number of ether oxygens (including phenoxy) is 1. The van der Waals surface area contributed by atoms with E-state index >= 15 is 0 Å². The van der Waals surface area contributed by atoms with E-state index in [1.165, 1.54) is 0 Å². The fourth-order valence-electron chi connectivity index (χ4n) is 2.55. The Bertz CT molecular complexity index is 454. The summed E-state index contributed by atoms with van der Waals surface area (Å²) in [5.74, 6) is 0.571. The quantitative estimate of drug-likeness (QED) is 0.575. The molecule has 1 aliphatic rings. The minimum atomic E-state index is -0.571. The normalized spacial score (nSPS) is 25.2.